The lowest BCUT2D eigenvalue weighted by atomic mass is 9.96. The summed E-state index contributed by atoms with van der Waals surface area (Å²) in [7, 11) is 0. The first-order valence-corrected chi connectivity index (χ1v) is 19.6. The molecule has 1 aliphatic rings. The van der Waals surface area contributed by atoms with Crippen LogP contribution in [0.5, 0.6) is 0 Å². The molecule has 272 valence electrons. The van der Waals surface area contributed by atoms with E-state index in [2.05, 4.69) is 19.2 Å². The van der Waals surface area contributed by atoms with Crippen molar-refractivity contribution in [1.29, 1.82) is 0 Å². The third-order valence-corrected chi connectivity index (χ3v) is 9.45. The van der Waals surface area contributed by atoms with Gasteiger partial charge in [-0.1, -0.05) is 168 Å². The fourth-order valence-corrected chi connectivity index (χ4v) is 6.37. The summed E-state index contributed by atoms with van der Waals surface area (Å²) in [6, 6.07) is -1.09. The van der Waals surface area contributed by atoms with E-state index >= 15 is 0 Å². The first-order valence-electron chi connectivity index (χ1n) is 19.6. The van der Waals surface area contributed by atoms with Crippen molar-refractivity contribution in [3.8, 4) is 0 Å². The average molecular weight is 656 g/mol. The highest BCUT2D eigenvalue weighted by Crippen LogP contribution is 2.23. The van der Waals surface area contributed by atoms with E-state index in [1.54, 1.807) is 0 Å². The third kappa shape index (κ3) is 21.6. The number of carbonyl (C=O) groups is 2. The molecule has 0 bridgehead atoms. The van der Waals surface area contributed by atoms with Crippen molar-refractivity contribution in [2.45, 2.75) is 224 Å². The summed E-state index contributed by atoms with van der Waals surface area (Å²) in [5, 5.41) is 33.4. The van der Waals surface area contributed by atoms with Crippen LogP contribution in [-0.4, -0.2) is 64.4 Å². The van der Waals surface area contributed by atoms with Crippen LogP contribution in [0, 0.1) is 0 Å². The molecule has 0 aromatic carbocycles. The van der Waals surface area contributed by atoms with E-state index in [9.17, 15) is 24.9 Å². The third-order valence-electron chi connectivity index (χ3n) is 9.45. The Hall–Kier alpha value is -1.22. The second kappa shape index (κ2) is 29.9. The molecule has 8 nitrogen and oxygen atoms in total. The van der Waals surface area contributed by atoms with Crippen LogP contribution in [0.1, 0.15) is 194 Å². The van der Waals surface area contributed by atoms with Gasteiger partial charge < -0.3 is 30.1 Å². The van der Waals surface area contributed by atoms with Gasteiger partial charge in [-0.2, -0.15) is 0 Å². The number of hydrogen-bond donors (Lipinski definition) is 4. The summed E-state index contributed by atoms with van der Waals surface area (Å²) in [6.45, 7) is 3.96. The van der Waals surface area contributed by atoms with Gasteiger partial charge in [0.1, 0.15) is 24.4 Å². The van der Waals surface area contributed by atoms with Gasteiger partial charge in [-0.15, -0.1) is 0 Å². The van der Waals surface area contributed by atoms with E-state index in [1.807, 2.05) is 0 Å². The highest BCUT2D eigenvalue weighted by atomic mass is 16.7. The fraction of sp³-hybridized carbons (Fsp3) is 0.947. The number of esters is 1. The summed E-state index contributed by atoms with van der Waals surface area (Å²) in [6.07, 6.45) is 27.0. The predicted octanol–water partition coefficient (Wildman–Crippen LogP) is 8.42. The van der Waals surface area contributed by atoms with Crippen LogP contribution in [-0.2, 0) is 19.1 Å². The zero-order valence-corrected chi connectivity index (χ0v) is 29.9. The lowest BCUT2D eigenvalue weighted by molar-refractivity contribution is -0.263. The first-order chi connectivity index (χ1) is 22.4. The van der Waals surface area contributed by atoms with Crippen LogP contribution >= 0.6 is 0 Å². The number of nitrogens with one attached hydrogen (secondary N) is 1. The van der Waals surface area contributed by atoms with Crippen molar-refractivity contribution in [3.63, 3.8) is 0 Å². The van der Waals surface area contributed by atoms with E-state index < -0.39 is 43.2 Å². The Kier molecular flexibility index (Phi) is 27.8. The summed E-state index contributed by atoms with van der Waals surface area (Å²) in [5.74, 6) is -0.744. The fourth-order valence-electron chi connectivity index (χ4n) is 6.37. The molecular weight excluding hydrogens is 582 g/mol. The Labute approximate surface area is 282 Å². The number of ether oxygens (including phenoxy) is 2. The smallest absolute Gasteiger partial charge is 0.308 e. The molecule has 1 amide bonds. The van der Waals surface area contributed by atoms with Crippen LogP contribution in [0.3, 0.4) is 0 Å². The summed E-state index contributed by atoms with van der Waals surface area (Å²) >= 11 is 0. The van der Waals surface area contributed by atoms with Gasteiger partial charge in [-0.3, -0.25) is 9.59 Å². The number of unbranched alkanes of at least 4 members (excludes halogenated alkanes) is 24. The van der Waals surface area contributed by atoms with Crippen LogP contribution in [0.4, 0.5) is 0 Å². The zero-order valence-electron chi connectivity index (χ0n) is 29.9. The largest absolute Gasteiger partial charge is 0.433 e. The van der Waals surface area contributed by atoms with Crippen LogP contribution < -0.4 is 5.32 Å². The van der Waals surface area contributed by atoms with Crippen LogP contribution in [0.25, 0.3) is 0 Å². The van der Waals surface area contributed by atoms with Crippen molar-refractivity contribution < 1.29 is 34.4 Å². The first kappa shape index (κ1) is 42.8. The Balaban J connectivity index is 2.24. The second-order valence-electron chi connectivity index (χ2n) is 13.8. The molecule has 0 aromatic heterocycles. The minimum atomic E-state index is -1.42. The molecule has 1 aliphatic heterocycles. The van der Waals surface area contributed by atoms with E-state index in [-0.39, 0.29) is 12.3 Å². The van der Waals surface area contributed by atoms with Crippen molar-refractivity contribution in [2.75, 3.05) is 6.61 Å². The molecule has 1 heterocycles. The monoisotopic (exact) mass is 656 g/mol. The molecule has 0 saturated carbocycles. The summed E-state index contributed by atoms with van der Waals surface area (Å²) < 4.78 is 11.2. The van der Waals surface area contributed by atoms with Gasteiger partial charge in [0.05, 0.1) is 6.61 Å². The quantitative estimate of drug-likeness (QED) is 0.0436. The number of rotatable bonds is 31. The SMILES string of the molecule is CCCCCCCCCCCCCCCC(=O)N[C@H]1[C@H](OC(=O)CCCCCCCCCCCCCCC)O[C@H](CO)[C@@H](O)[C@@H]1O. The Morgan fingerprint density at radius 3 is 1.33 bits per heavy atom. The highest BCUT2D eigenvalue weighted by Gasteiger charge is 2.46. The minimum Gasteiger partial charge on any atom is -0.433 e. The van der Waals surface area contributed by atoms with E-state index in [1.165, 1.54) is 128 Å². The van der Waals surface area contributed by atoms with Gasteiger partial charge in [-0.25, -0.2) is 0 Å². The summed E-state index contributed by atoms with van der Waals surface area (Å²) in [4.78, 5) is 25.3. The number of aliphatic hydroxyl groups excluding tert-OH is 3. The Bertz CT molecular complexity index is 721. The maximum Gasteiger partial charge on any atom is 0.308 e. The number of aliphatic hydroxyl groups is 3. The molecule has 46 heavy (non-hydrogen) atoms. The highest BCUT2D eigenvalue weighted by molar-refractivity contribution is 5.76. The van der Waals surface area contributed by atoms with Crippen molar-refractivity contribution in [1.82, 2.24) is 5.32 Å². The molecule has 1 saturated heterocycles. The van der Waals surface area contributed by atoms with Crippen LogP contribution in [0.2, 0.25) is 0 Å². The molecule has 5 atom stereocenters. The topological polar surface area (TPSA) is 125 Å². The van der Waals surface area contributed by atoms with Gasteiger partial charge in [-0.05, 0) is 12.8 Å². The Morgan fingerprint density at radius 1 is 0.565 bits per heavy atom. The Morgan fingerprint density at radius 2 is 0.935 bits per heavy atom. The molecule has 0 unspecified atom stereocenters. The molecule has 0 aromatic rings. The molecule has 0 radical (unpaired) electrons. The van der Waals surface area contributed by atoms with Gasteiger partial charge in [0.2, 0.25) is 12.2 Å². The second-order valence-corrected chi connectivity index (χ2v) is 13.8. The number of amides is 1. The molecule has 8 heteroatoms. The molecule has 1 rings (SSSR count). The maximum atomic E-state index is 12.7. The molecule has 4 N–H and O–H groups in total. The van der Waals surface area contributed by atoms with Crippen molar-refractivity contribution >= 4 is 11.9 Å². The number of hydrogen-bond acceptors (Lipinski definition) is 7. The van der Waals surface area contributed by atoms with Gasteiger partial charge in [0.15, 0.2) is 0 Å². The minimum absolute atomic E-state index is 0.222. The lowest BCUT2D eigenvalue weighted by Gasteiger charge is -2.41. The van der Waals surface area contributed by atoms with E-state index in [0.29, 0.717) is 12.8 Å². The normalized spacial score (nSPS) is 21.4. The van der Waals surface area contributed by atoms with E-state index in [0.717, 1.165) is 32.1 Å². The maximum absolute atomic E-state index is 12.7. The molecule has 0 aliphatic carbocycles. The molecular formula is C38H73NO7. The predicted molar refractivity (Wildman–Crippen MR) is 186 cm³/mol. The van der Waals surface area contributed by atoms with Gasteiger partial charge in [0.25, 0.3) is 0 Å². The van der Waals surface area contributed by atoms with Gasteiger partial charge in [0, 0.05) is 12.8 Å². The number of carbonyl (C=O) groups excluding carboxylic acids is 2. The van der Waals surface area contributed by atoms with Crippen molar-refractivity contribution in [3.05, 3.63) is 0 Å². The molecule has 1 fully saturated rings. The van der Waals surface area contributed by atoms with Crippen molar-refractivity contribution in [2.24, 2.45) is 0 Å². The zero-order chi connectivity index (χ0) is 33.7. The standard InChI is InChI=1S/C38H73NO7/c1-3-5-7-9-11-13-15-17-19-21-23-25-27-29-33(41)39-35-37(44)36(43)32(31-40)45-38(35)46-34(42)30-28-26-24-22-20-18-16-14-12-10-8-6-4-2/h32,35-38,40,43-44H,3-31H2,1-2H3,(H,39,41)/t32-,35-,36-,37-,38+/m1/s1. The average Bonchev–Trinajstić information content (AvgIpc) is 3.05. The molecule has 0 spiro atoms. The van der Waals surface area contributed by atoms with E-state index in [4.69, 9.17) is 9.47 Å². The van der Waals surface area contributed by atoms with Gasteiger partial charge >= 0.3 is 5.97 Å². The van der Waals surface area contributed by atoms with Crippen LogP contribution in [0.15, 0.2) is 0 Å². The summed E-state index contributed by atoms with van der Waals surface area (Å²) in [5.41, 5.74) is 0. The lowest BCUT2D eigenvalue weighted by Crippen LogP contribution is -2.65.